The summed E-state index contributed by atoms with van der Waals surface area (Å²) in [5.41, 5.74) is 2.38. The van der Waals surface area contributed by atoms with Crippen molar-refractivity contribution in [3.05, 3.63) is 94.3 Å². The van der Waals surface area contributed by atoms with Gasteiger partial charge in [0.05, 0.1) is 18.5 Å². The Morgan fingerprint density at radius 1 is 1.07 bits per heavy atom. The van der Waals surface area contributed by atoms with Gasteiger partial charge >= 0.3 is 0 Å². The lowest BCUT2D eigenvalue weighted by molar-refractivity contribution is 0.102. The first-order valence-corrected chi connectivity index (χ1v) is 11.3. The van der Waals surface area contributed by atoms with Gasteiger partial charge < -0.3 is 5.32 Å². The standard InChI is InChI=1S/C22H20ClFN2O3S/c1-15-7-10-18(23)13-21(15)25-22(27)16-8-11-19(12-9-16)26(30(2,28)29)14-17-5-3-4-6-20(17)24/h3-13H,14H2,1-2H3,(H,25,27). The van der Waals surface area contributed by atoms with Crippen molar-refractivity contribution >= 4 is 38.9 Å². The Labute approximate surface area is 180 Å². The first-order chi connectivity index (χ1) is 14.1. The largest absolute Gasteiger partial charge is 0.322 e. The quantitative estimate of drug-likeness (QED) is 0.579. The fraction of sp³-hybridized carbons (Fsp3) is 0.136. The average molecular weight is 447 g/mol. The van der Waals surface area contributed by atoms with Crippen molar-refractivity contribution in [2.45, 2.75) is 13.5 Å². The number of anilines is 2. The lowest BCUT2D eigenvalue weighted by atomic mass is 10.1. The number of carbonyl (C=O) groups is 1. The normalized spacial score (nSPS) is 11.2. The molecule has 3 aromatic carbocycles. The van der Waals surface area contributed by atoms with Crippen LogP contribution in [0.1, 0.15) is 21.5 Å². The van der Waals surface area contributed by atoms with Crippen LogP contribution in [-0.4, -0.2) is 20.6 Å². The second-order valence-electron chi connectivity index (χ2n) is 6.82. The van der Waals surface area contributed by atoms with Gasteiger partial charge in [0.25, 0.3) is 5.91 Å². The number of hydrogen-bond acceptors (Lipinski definition) is 3. The van der Waals surface area contributed by atoms with Crippen LogP contribution < -0.4 is 9.62 Å². The van der Waals surface area contributed by atoms with E-state index in [-0.39, 0.29) is 18.0 Å². The topological polar surface area (TPSA) is 66.5 Å². The van der Waals surface area contributed by atoms with Gasteiger partial charge in [0.1, 0.15) is 5.82 Å². The van der Waals surface area contributed by atoms with Crippen molar-refractivity contribution in [2.75, 3.05) is 15.9 Å². The minimum atomic E-state index is -3.67. The van der Waals surface area contributed by atoms with Gasteiger partial charge in [-0.2, -0.15) is 0 Å². The highest BCUT2D eigenvalue weighted by Gasteiger charge is 2.20. The fourth-order valence-electron chi connectivity index (χ4n) is 2.88. The number of aryl methyl sites for hydroxylation is 1. The Bertz CT molecular complexity index is 1180. The number of amides is 1. The zero-order valence-corrected chi connectivity index (χ0v) is 18.0. The zero-order valence-electron chi connectivity index (χ0n) is 16.4. The van der Waals surface area contributed by atoms with E-state index in [1.54, 1.807) is 30.3 Å². The van der Waals surface area contributed by atoms with Crippen LogP contribution in [0, 0.1) is 12.7 Å². The molecule has 0 spiro atoms. The summed E-state index contributed by atoms with van der Waals surface area (Å²) in [7, 11) is -3.67. The van der Waals surface area contributed by atoms with Crippen LogP contribution in [0.5, 0.6) is 0 Å². The first kappa shape index (κ1) is 21.8. The van der Waals surface area contributed by atoms with Gasteiger partial charge in [-0.25, -0.2) is 12.8 Å². The van der Waals surface area contributed by atoms with Crippen molar-refractivity contribution in [2.24, 2.45) is 0 Å². The van der Waals surface area contributed by atoms with Gasteiger partial charge in [-0.1, -0.05) is 35.9 Å². The van der Waals surface area contributed by atoms with Gasteiger partial charge in [-0.05, 0) is 55.0 Å². The van der Waals surface area contributed by atoms with Crippen molar-refractivity contribution in [3.8, 4) is 0 Å². The summed E-state index contributed by atoms with van der Waals surface area (Å²) in [5, 5.41) is 3.29. The highest BCUT2D eigenvalue weighted by atomic mass is 35.5. The molecule has 30 heavy (non-hydrogen) atoms. The Balaban J connectivity index is 1.84. The fourth-order valence-corrected chi connectivity index (χ4v) is 3.93. The molecule has 0 saturated carbocycles. The molecule has 0 heterocycles. The van der Waals surface area contributed by atoms with E-state index in [0.29, 0.717) is 22.0 Å². The molecule has 0 aliphatic carbocycles. The lowest BCUT2D eigenvalue weighted by Crippen LogP contribution is -2.29. The molecule has 0 unspecified atom stereocenters. The van der Waals surface area contributed by atoms with Crippen molar-refractivity contribution in [3.63, 3.8) is 0 Å². The predicted molar refractivity (Wildman–Crippen MR) is 118 cm³/mol. The van der Waals surface area contributed by atoms with Crippen LogP contribution >= 0.6 is 11.6 Å². The van der Waals surface area contributed by atoms with E-state index in [9.17, 15) is 17.6 Å². The summed E-state index contributed by atoms with van der Waals surface area (Å²) in [6, 6.07) is 17.2. The second kappa shape index (κ2) is 8.85. The number of nitrogens with zero attached hydrogens (tertiary/aromatic N) is 1. The van der Waals surface area contributed by atoms with E-state index in [0.717, 1.165) is 16.1 Å². The molecule has 0 saturated heterocycles. The molecule has 0 aliphatic heterocycles. The molecule has 1 amide bonds. The van der Waals surface area contributed by atoms with Crippen LogP contribution in [0.4, 0.5) is 15.8 Å². The third-order valence-corrected chi connectivity index (χ3v) is 5.91. The summed E-state index contributed by atoms with van der Waals surface area (Å²) in [6.45, 7) is 1.69. The minimum Gasteiger partial charge on any atom is -0.322 e. The van der Waals surface area contributed by atoms with Crippen molar-refractivity contribution in [1.82, 2.24) is 0 Å². The predicted octanol–water partition coefficient (Wildman–Crippen LogP) is 5.01. The number of hydrogen-bond donors (Lipinski definition) is 1. The number of rotatable bonds is 6. The maximum atomic E-state index is 14.0. The summed E-state index contributed by atoms with van der Waals surface area (Å²) in [6.07, 6.45) is 1.05. The summed E-state index contributed by atoms with van der Waals surface area (Å²) >= 11 is 5.98. The van der Waals surface area contributed by atoms with Gasteiger partial charge in [-0.15, -0.1) is 0 Å². The molecule has 8 heteroatoms. The highest BCUT2D eigenvalue weighted by Crippen LogP contribution is 2.24. The molecule has 3 rings (SSSR count). The smallest absolute Gasteiger partial charge is 0.255 e. The maximum Gasteiger partial charge on any atom is 0.255 e. The molecule has 3 aromatic rings. The van der Waals surface area contributed by atoms with Gasteiger partial charge in [0.2, 0.25) is 10.0 Å². The number of nitrogens with one attached hydrogen (secondary N) is 1. The van der Waals surface area contributed by atoms with Crippen LogP contribution in [-0.2, 0) is 16.6 Å². The van der Waals surface area contributed by atoms with Gasteiger partial charge in [0.15, 0.2) is 0 Å². The van der Waals surface area contributed by atoms with Crippen molar-refractivity contribution in [1.29, 1.82) is 0 Å². The molecule has 0 aliphatic rings. The molecule has 5 nitrogen and oxygen atoms in total. The number of carbonyl (C=O) groups excluding carboxylic acids is 1. The van der Waals surface area contributed by atoms with E-state index in [2.05, 4.69) is 5.32 Å². The van der Waals surface area contributed by atoms with Crippen molar-refractivity contribution < 1.29 is 17.6 Å². The van der Waals surface area contributed by atoms with E-state index in [4.69, 9.17) is 11.6 Å². The lowest BCUT2D eigenvalue weighted by Gasteiger charge is -2.23. The SMILES string of the molecule is Cc1ccc(Cl)cc1NC(=O)c1ccc(N(Cc2ccccc2F)S(C)(=O)=O)cc1. The summed E-state index contributed by atoms with van der Waals surface area (Å²) in [4.78, 5) is 12.6. The van der Waals surface area contributed by atoms with Crippen LogP contribution in [0.25, 0.3) is 0 Å². The number of sulfonamides is 1. The molecule has 1 N–H and O–H groups in total. The number of benzene rings is 3. The van der Waals surface area contributed by atoms with Crippen LogP contribution in [0.15, 0.2) is 66.7 Å². The van der Waals surface area contributed by atoms with Crippen LogP contribution in [0.3, 0.4) is 0 Å². The Hall–Kier alpha value is -2.90. The Kier molecular flexibility index (Phi) is 6.43. The third-order valence-electron chi connectivity index (χ3n) is 4.54. The molecule has 0 atom stereocenters. The molecular weight excluding hydrogens is 427 g/mol. The van der Waals surface area contributed by atoms with E-state index in [1.807, 2.05) is 6.92 Å². The van der Waals surface area contributed by atoms with Gasteiger partial charge in [0, 0.05) is 21.8 Å². The minimum absolute atomic E-state index is 0.154. The molecule has 0 aromatic heterocycles. The number of halogens is 2. The molecule has 0 radical (unpaired) electrons. The zero-order chi connectivity index (χ0) is 21.9. The Morgan fingerprint density at radius 2 is 1.73 bits per heavy atom. The molecule has 0 fully saturated rings. The Morgan fingerprint density at radius 3 is 2.37 bits per heavy atom. The monoisotopic (exact) mass is 446 g/mol. The third kappa shape index (κ3) is 5.17. The van der Waals surface area contributed by atoms with E-state index >= 15 is 0 Å². The van der Waals surface area contributed by atoms with Gasteiger partial charge in [-0.3, -0.25) is 9.10 Å². The molecule has 156 valence electrons. The summed E-state index contributed by atoms with van der Waals surface area (Å²) in [5.74, 6) is -0.842. The highest BCUT2D eigenvalue weighted by molar-refractivity contribution is 7.92. The molecular formula is C22H20ClFN2O3S. The second-order valence-corrected chi connectivity index (χ2v) is 9.16. The average Bonchev–Trinajstić information content (AvgIpc) is 2.69. The van der Waals surface area contributed by atoms with E-state index < -0.39 is 15.8 Å². The van der Waals surface area contributed by atoms with E-state index in [1.165, 1.54) is 36.4 Å². The molecule has 0 bridgehead atoms. The first-order valence-electron chi connectivity index (χ1n) is 9.04. The summed E-state index contributed by atoms with van der Waals surface area (Å²) < 4.78 is 39.7. The van der Waals surface area contributed by atoms with Crippen LogP contribution in [0.2, 0.25) is 5.02 Å². The maximum absolute atomic E-state index is 14.0.